The third-order valence-electron chi connectivity index (χ3n) is 3.61. The van der Waals surface area contributed by atoms with Crippen molar-refractivity contribution in [2.45, 2.75) is 32.9 Å². The van der Waals surface area contributed by atoms with E-state index >= 15 is 0 Å². The lowest BCUT2D eigenvalue weighted by Gasteiger charge is -2.19. The summed E-state index contributed by atoms with van der Waals surface area (Å²) in [6.07, 6.45) is -2.44. The van der Waals surface area contributed by atoms with Crippen molar-refractivity contribution < 1.29 is 13.2 Å². The third-order valence-corrected chi connectivity index (χ3v) is 3.94. The van der Waals surface area contributed by atoms with E-state index < -0.39 is 11.7 Å². The van der Waals surface area contributed by atoms with E-state index in [2.05, 4.69) is 22.2 Å². The number of nitrogens with one attached hydrogen (secondary N) is 1. The maximum Gasteiger partial charge on any atom is 0.417 e. The lowest BCUT2D eigenvalue weighted by atomic mass is 10.2. The number of rotatable bonds is 6. The van der Waals surface area contributed by atoms with Crippen LogP contribution in [-0.2, 0) is 6.18 Å². The van der Waals surface area contributed by atoms with Gasteiger partial charge in [0.2, 0.25) is 5.95 Å². The van der Waals surface area contributed by atoms with Gasteiger partial charge in [0.15, 0.2) is 0 Å². The molecular formula is C17H20ClF3N4. The highest BCUT2D eigenvalue weighted by molar-refractivity contribution is 6.31. The van der Waals surface area contributed by atoms with Crippen LogP contribution in [0.25, 0.3) is 0 Å². The highest BCUT2D eigenvalue weighted by Gasteiger charge is 2.33. The van der Waals surface area contributed by atoms with E-state index in [4.69, 9.17) is 11.6 Å². The van der Waals surface area contributed by atoms with Crippen LogP contribution >= 0.6 is 11.6 Å². The Balaban J connectivity index is 2.27. The van der Waals surface area contributed by atoms with Gasteiger partial charge >= 0.3 is 6.18 Å². The lowest BCUT2D eigenvalue weighted by Crippen LogP contribution is -2.20. The van der Waals surface area contributed by atoms with Crippen LogP contribution in [0.2, 0.25) is 5.02 Å². The molecule has 1 aromatic heterocycles. The Bertz CT molecular complexity index is 734. The number of hydrogen-bond donors (Lipinski definition) is 1. The van der Waals surface area contributed by atoms with Crippen molar-refractivity contribution in [3.05, 3.63) is 40.5 Å². The van der Waals surface area contributed by atoms with Crippen molar-refractivity contribution in [1.29, 1.82) is 0 Å². The highest BCUT2D eigenvalue weighted by Crippen LogP contribution is 2.36. The molecule has 0 saturated heterocycles. The Kier molecular flexibility index (Phi) is 6.11. The number of aryl methyl sites for hydroxylation is 1. The number of hydrogen-bond acceptors (Lipinski definition) is 4. The summed E-state index contributed by atoms with van der Waals surface area (Å²) >= 11 is 5.64. The van der Waals surface area contributed by atoms with E-state index in [1.165, 1.54) is 12.1 Å². The molecule has 2 rings (SSSR count). The van der Waals surface area contributed by atoms with Crippen LogP contribution in [0, 0.1) is 6.92 Å². The zero-order valence-corrected chi connectivity index (χ0v) is 15.0. The zero-order chi connectivity index (χ0) is 18.6. The first-order valence-corrected chi connectivity index (χ1v) is 8.29. The van der Waals surface area contributed by atoms with E-state index in [1.807, 2.05) is 24.9 Å². The second-order valence-corrected chi connectivity index (χ2v) is 6.19. The predicted molar refractivity (Wildman–Crippen MR) is 94.7 cm³/mol. The number of aromatic nitrogens is 2. The minimum Gasteiger partial charge on any atom is -0.360 e. The second-order valence-electron chi connectivity index (χ2n) is 5.78. The molecular weight excluding hydrogens is 353 g/mol. The highest BCUT2D eigenvalue weighted by atomic mass is 35.5. The normalized spacial score (nSPS) is 11.5. The Morgan fingerprint density at radius 2 is 1.92 bits per heavy atom. The third kappa shape index (κ3) is 5.22. The summed E-state index contributed by atoms with van der Waals surface area (Å²) < 4.78 is 38.9. The van der Waals surface area contributed by atoms with Crippen molar-refractivity contribution in [1.82, 2.24) is 9.97 Å². The number of halogens is 4. The molecule has 8 heteroatoms. The van der Waals surface area contributed by atoms with Crippen molar-refractivity contribution in [3.8, 4) is 0 Å². The van der Waals surface area contributed by atoms with Gasteiger partial charge in [0.1, 0.15) is 5.82 Å². The van der Waals surface area contributed by atoms with Crippen LogP contribution in [0.5, 0.6) is 0 Å². The van der Waals surface area contributed by atoms with E-state index in [-0.39, 0.29) is 16.7 Å². The number of benzene rings is 1. The van der Waals surface area contributed by atoms with Crippen LogP contribution in [0.1, 0.15) is 31.0 Å². The number of unbranched alkanes of at least 4 members (excludes halogenated alkanes) is 1. The molecule has 0 saturated carbocycles. The molecule has 25 heavy (non-hydrogen) atoms. The summed E-state index contributed by atoms with van der Waals surface area (Å²) in [5, 5.41) is 2.48. The monoisotopic (exact) mass is 372 g/mol. The first-order chi connectivity index (χ1) is 11.7. The maximum atomic E-state index is 13.0. The Morgan fingerprint density at radius 3 is 2.56 bits per heavy atom. The topological polar surface area (TPSA) is 41.1 Å². The van der Waals surface area contributed by atoms with Gasteiger partial charge in [-0.3, -0.25) is 0 Å². The first-order valence-electron chi connectivity index (χ1n) is 7.91. The average molecular weight is 373 g/mol. The van der Waals surface area contributed by atoms with Crippen molar-refractivity contribution in [3.63, 3.8) is 0 Å². The van der Waals surface area contributed by atoms with Crippen LogP contribution < -0.4 is 10.2 Å². The summed E-state index contributed by atoms with van der Waals surface area (Å²) in [6.45, 7) is 4.75. The molecule has 1 aromatic carbocycles. The summed E-state index contributed by atoms with van der Waals surface area (Å²) in [6, 6.07) is 5.46. The molecule has 0 bridgehead atoms. The van der Waals surface area contributed by atoms with Crippen LogP contribution in [-0.4, -0.2) is 23.6 Å². The molecule has 0 spiro atoms. The summed E-state index contributed by atoms with van der Waals surface area (Å²) in [5.74, 6) is 0.960. The van der Waals surface area contributed by atoms with E-state index in [0.29, 0.717) is 5.82 Å². The molecule has 1 N–H and O–H groups in total. The van der Waals surface area contributed by atoms with Gasteiger partial charge in [0.25, 0.3) is 0 Å². The summed E-state index contributed by atoms with van der Waals surface area (Å²) in [7, 11) is 1.92. The van der Waals surface area contributed by atoms with E-state index in [1.54, 1.807) is 0 Å². The Labute approximate surface area is 150 Å². The molecule has 2 aromatic rings. The van der Waals surface area contributed by atoms with Crippen molar-refractivity contribution in [2.24, 2.45) is 0 Å². The Hall–Kier alpha value is -2.02. The maximum absolute atomic E-state index is 13.0. The first kappa shape index (κ1) is 19.3. The largest absolute Gasteiger partial charge is 0.417 e. The molecule has 1 heterocycles. The molecule has 136 valence electrons. The Morgan fingerprint density at radius 1 is 1.20 bits per heavy atom. The fourth-order valence-corrected chi connectivity index (χ4v) is 2.49. The molecule has 0 atom stereocenters. The molecule has 4 nitrogen and oxygen atoms in total. The average Bonchev–Trinajstić information content (AvgIpc) is 2.52. The summed E-state index contributed by atoms with van der Waals surface area (Å²) in [4.78, 5) is 10.6. The molecule has 0 aliphatic heterocycles. The molecule has 0 fully saturated rings. The van der Waals surface area contributed by atoms with Crippen LogP contribution in [0.15, 0.2) is 24.3 Å². The quantitative estimate of drug-likeness (QED) is 0.733. The van der Waals surface area contributed by atoms with E-state index in [9.17, 15) is 13.2 Å². The minimum absolute atomic E-state index is 0.226. The van der Waals surface area contributed by atoms with Crippen molar-refractivity contribution in [2.75, 3.05) is 23.8 Å². The number of anilines is 3. The van der Waals surface area contributed by atoms with Gasteiger partial charge in [0, 0.05) is 31.0 Å². The standard InChI is InChI=1S/C17H20ClF3N4/c1-4-5-8-25(3)15-9-11(2)22-16(24-15)23-12-6-7-14(18)13(10-12)17(19,20)21/h6-7,9-10H,4-5,8H2,1-3H3,(H,22,23,24). The molecule has 0 aliphatic carbocycles. The molecule has 0 radical (unpaired) electrons. The molecule has 0 unspecified atom stereocenters. The predicted octanol–water partition coefficient (Wildman–Crippen LogP) is 5.44. The number of alkyl halides is 3. The second kappa shape index (κ2) is 7.91. The van der Waals surface area contributed by atoms with Crippen LogP contribution in [0.4, 0.5) is 30.6 Å². The molecule has 0 amide bonds. The van der Waals surface area contributed by atoms with Gasteiger partial charge in [-0.1, -0.05) is 24.9 Å². The van der Waals surface area contributed by atoms with Gasteiger partial charge in [-0.15, -0.1) is 0 Å². The van der Waals surface area contributed by atoms with Gasteiger partial charge in [-0.05, 0) is 31.5 Å². The smallest absolute Gasteiger partial charge is 0.360 e. The minimum atomic E-state index is -4.52. The summed E-state index contributed by atoms with van der Waals surface area (Å²) in [5.41, 5.74) is 0.0532. The SMILES string of the molecule is CCCCN(C)c1cc(C)nc(Nc2ccc(Cl)c(C(F)(F)F)c2)n1. The van der Waals surface area contributed by atoms with Gasteiger partial charge < -0.3 is 10.2 Å². The fraction of sp³-hybridized carbons (Fsp3) is 0.412. The lowest BCUT2D eigenvalue weighted by molar-refractivity contribution is -0.137. The molecule has 0 aliphatic rings. The fourth-order valence-electron chi connectivity index (χ4n) is 2.26. The van der Waals surface area contributed by atoms with Gasteiger partial charge in [-0.25, -0.2) is 4.98 Å². The number of nitrogens with zero attached hydrogens (tertiary/aromatic N) is 3. The van der Waals surface area contributed by atoms with Crippen LogP contribution in [0.3, 0.4) is 0 Å². The van der Waals surface area contributed by atoms with Crippen molar-refractivity contribution >= 4 is 29.1 Å². The van der Waals surface area contributed by atoms with Gasteiger partial charge in [-0.2, -0.15) is 18.2 Å². The van der Waals surface area contributed by atoms with Gasteiger partial charge in [0.05, 0.1) is 10.6 Å². The zero-order valence-electron chi connectivity index (χ0n) is 14.3. The van der Waals surface area contributed by atoms with E-state index in [0.717, 1.165) is 31.1 Å².